The first-order chi connectivity index (χ1) is 9.21. The minimum atomic E-state index is -4.46. The lowest BCUT2D eigenvalue weighted by Gasteiger charge is -2.26. The van der Waals surface area contributed by atoms with Gasteiger partial charge in [-0.25, -0.2) is 0 Å². The average Bonchev–Trinajstić information content (AvgIpc) is 2.34. The highest BCUT2D eigenvalue weighted by atomic mass is 19.4. The minimum Gasteiger partial charge on any atom is -0.353 e. The maximum absolute atomic E-state index is 13.1. The zero-order chi connectivity index (χ0) is 15.3. The fourth-order valence-electron chi connectivity index (χ4n) is 1.76. The molecule has 0 aliphatic rings. The molecule has 1 rings (SSSR count). The summed E-state index contributed by atoms with van der Waals surface area (Å²) in [5.41, 5.74) is 0.0872. The molecule has 0 radical (unpaired) electrons. The second kappa shape index (κ2) is 6.74. The Labute approximate surface area is 116 Å². The topological polar surface area (TPSA) is 41.1 Å². The Bertz CT molecular complexity index is 432. The molecule has 0 fully saturated rings. The number of rotatable bonds is 5. The van der Waals surface area contributed by atoms with Crippen LogP contribution in [0.2, 0.25) is 0 Å². The number of amides is 1. The zero-order valence-electron chi connectivity index (χ0n) is 11.7. The minimum absolute atomic E-state index is 0.0872. The molecule has 6 heteroatoms. The third-order valence-electron chi connectivity index (χ3n) is 2.70. The number of carbonyl (C=O) groups excluding carboxylic acids is 1. The highest BCUT2D eigenvalue weighted by molar-refractivity contribution is 5.81. The molecule has 0 aromatic heterocycles. The van der Waals surface area contributed by atoms with Gasteiger partial charge >= 0.3 is 6.18 Å². The van der Waals surface area contributed by atoms with Crippen molar-refractivity contribution in [2.24, 2.45) is 0 Å². The Balaban J connectivity index is 2.84. The largest absolute Gasteiger partial charge is 0.407 e. The first-order valence-corrected chi connectivity index (χ1v) is 6.40. The molecule has 2 atom stereocenters. The average molecular weight is 288 g/mol. The molecule has 1 aromatic rings. The van der Waals surface area contributed by atoms with Crippen LogP contribution in [0.1, 0.15) is 32.4 Å². The summed E-state index contributed by atoms with van der Waals surface area (Å²) < 4.78 is 39.3. The van der Waals surface area contributed by atoms with Gasteiger partial charge in [-0.2, -0.15) is 13.2 Å². The first kappa shape index (κ1) is 16.5. The third kappa shape index (κ3) is 4.85. The van der Waals surface area contributed by atoms with E-state index in [-0.39, 0.29) is 11.6 Å². The molecular formula is C14H19F3N2O. The summed E-state index contributed by atoms with van der Waals surface area (Å²) in [5.74, 6) is -0.454. The van der Waals surface area contributed by atoms with E-state index in [1.807, 2.05) is 0 Å². The first-order valence-electron chi connectivity index (χ1n) is 6.40. The van der Waals surface area contributed by atoms with Crippen molar-refractivity contribution in [3.63, 3.8) is 0 Å². The smallest absolute Gasteiger partial charge is 0.353 e. The highest BCUT2D eigenvalue weighted by Crippen LogP contribution is 2.32. The Morgan fingerprint density at radius 3 is 2.10 bits per heavy atom. The summed E-state index contributed by atoms with van der Waals surface area (Å²) >= 11 is 0. The zero-order valence-corrected chi connectivity index (χ0v) is 11.7. The number of nitrogens with one attached hydrogen (secondary N) is 2. The normalized spacial score (nSPS) is 14.9. The fraction of sp³-hybridized carbons (Fsp3) is 0.500. The van der Waals surface area contributed by atoms with E-state index in [9.17, 15) is 18.0 Å². The second-order valence-electron chi connectivity index (χ2n) is 4.94. The van der Waals surface area contributed by atoms with E-state index >= 15 is 0 Å². The van der Waals surface area contributed by atoms with Crippen LogP contribution in [0.5, 0.6) is 0 Å². The summed E-state index contributed by atoms with van der Waals surface area (Å²) in [7, 11) is 0. The van der Waals surface area contributed by atoms with E-state index in [2.05, 4.69) is 10.6 Å². The van der Waals surface area contributed by atoms with Crippen molar-refractivity contribution >= 4 is 5.91 Å². The number of carbonyl (C=O) groups is 1. The van der Waals surface area contributed by atoms with E-state index < -0.39 is 24.2 Å². The van der Waals surface area contributed by atoms with Crippen LogP contribution in [0.25, 0.3) is 0 Å². The number of benzene rings is 1. The monoisotopic (exact) mass is 288 g/mol. The van der Waals surface area contributed by atoms with E-state index in [1.165, 1.54) is 31.2 Å². The number of hydrogen-bond acceptors (Lipinski definition) is 2. The lowest BCUT2D eigenvalue weighted by atomic mass is 10.1. The molecule has 0 saturated heterocycles. The maximum Gasteiger partial charge on any atom is 0.407 e. The molecule has 1 aromatic carbocycles. The molecule has 0 aliphatic heterocycles. The van der Waals surface area contributed by atoms with Crippen molar-refractivity contribution in [1.29, 1.82) is 0 Å². The van der Waals surface area contributed by atoms with Gasteiger partial charge in [-0.15, -0.1) is 0 Å². The molecule has 0 aliphatic carbocycles. The quantitative estimate of drug-likeness (QED) is 0.874. The lowest BCUT2D eigenvalue weighted by Crippen LogP contribution is -2.48. The molecule has 0 spiro atoms. The highest BCUT2D eigenvalue weighted by Gasteiger charge is 2.41. The molecule has 2 unspecified atom stereocenters. The molecule has 3 nitrogen and oxygen atoms in total. The van der Waals surface area contributed by atoms with Crippen molar-refractivity contribution in [3.05, 3.63) is 35.9 Å². The second-order valence-corrected chi connectivity index (χ2v) is 4.94. The molecule has 0 heterocycles. The van der Waals surface area contributed by atoms with Crippen LogP contribution in [0, 0.1) is 0 Å². The van der Waals surface area contributed by atoms with Crippen LogP contribution in [-0.2, 0) is 4.79 Å². The standard InChI is InChI=1S/C14H19F3N2O/c1-9(2)18-13(20)10(3)19-12(14(15,16)17)11-7-5-4-6-8-11/h4-10,12,19H,1-3H3,(H,18,20). The van der Waals surface area contributed by atoms with Gasteiger partial charge in [-0.05, 0) is 26.3 Å². The van der Waals surface area contributed by atoms with Gasteiger partial charge in [0.2, 0.25) is 5.91 Å². The predicted molar refractivity (Wildman–Crippen MR) is 71.1 cm³/mol. The van der Waals surface area contributed by atoms with Gasteiger partial charge < -0.3 is 5.32 Å². The number of hydrogen-bond donors (Lipinski definition) is 2. The van der Waals surface area contributed by atoms with Gasteiger partial charge in [0.05, 0.1) is 6.04 Å². The van der Waals surface area contributed by atoms with Crippen molar-refractivity contribution in [2.75, 3.05) is 0 Å². The summed E-state index contributed by atoms with van der Waals surface area (Å²) in [6.45, 7) is 4.92. The van der Waals surface area contributed by atoms with E-state index in [0.29, 0.717) is 0 Å². The van der Waals surface area contributed by atoms with E-state index in [1.54, 1.807) is 19.9 Å². The molecular weight excluding hydrogens is 269 g/mol. The van der Waals surface area contributed by atoms with E-state index in [4.69, 9.17) is 0 Å². The van der Waals surface area contributed by atoms with Gasteiger partial charge in [0, 0.05) is 6.04 Å². The lowest BCUT2D eigenvalue weighted by molar-refractivity contribution is -0.160. The van der Waals surface area contributed by atoms with Gasteiger partial charge in [0.1, 0.15) is 6.04 Å². The number of alkyl halides is 3. The maximum atomic E-state index is 13.1. The van der Waals surface area contributed by atoms with Crippen molar-refractivity contribution < 1.29 is 18.0 Å². The third-order valence-corrected chi connectivity index (χ3v) is 2.70. The van der Waals surface area contributed by atoms with Crippen LogP contribution in [0.4, 0.5) is 13.2 Å². The molecule has 0 bridgehead atoms. The molecule has 112 valence electrons. The Morgan fingerprint density at radius 1 is 1.10 bits per heavy atom. The SMILES string of the molecule is CC(C)NC(=O)C(C)NC(c1ccccc1)C(F)(F)F. The van der Waals surface area contributed by atoms with Crippen molar-refractivity contribution in [3.8, 4) is 0 Å². The van der Waals surface area contributed by atoms with Crippen LogP contribution >= 0.6 is 0 Å². The summed E-state index contributed by atoms with van der Waals surface area (Å²) in [4.78, 5) is 11.7. The fourth-order valence-corrected chi connectivity index (χ4v) is 1.76. The van der Waals surface area contributed by atoms with Gasteiger partial charge in [0.25, 0.3) is 0 Å². The van der Waals surface area contributed by atoms with Crippen molar-refractivity contribution in [1.82, 2.24) is 10.6 Å². The van der Waals surface area contributed by atoms with Crippen LogP contribution in [-0.4, -0.2) is 24.2 Å². The predicted octanol–water partition coefficient (Wildman–Crippen LogP) is 2.79. The van der Waals surface area contributed by atoms with Crippen LogP contribution in [0.15, 0.2) is 30.3 Å². The summed E-state index contributed by atoms with van der Waals surface area (Å²) in [6, 6.07) is 4.57. The van der Waals surface area contributed by atoms with Crippen LogP contribution in [0.3, 0.4) is 0 Å². The van der Waals surface area contributed by atoms with Crippen LogP contribution < -0.4 is 10.6 Å². The van der Waals surface area contributed by atoms with Gasteiger partial charge in [-0.3, -0.25) is 10.1 Å². The summed E-state index contributed by atoms with van der Waals surface area (Å²) in [6.07, 6.45) is -4.46. The van der Waals surface area contributed by atoms with Crippen molar-refractivity contribution in [2.45, 2.75) is 45.1 Å². The summed E-state index contributed by atoms with van der Waals surface area (Å²) in [5, 5.41) is 4.92. The molecule has 0 saturated carbocycles. The van der Waals surface area contributed by atoms with Gasteiger partial charge in [-0.1, -0.05) is 30.3 Å². The molecule has 20 heavy (non-hydrogen) atoms. The molecule has 2 N–H and O–H groups in total. The Kier molecular flexibility index (Phi) is 5.56. The molecule has 1 amide bonds. The van der Waals surface area contributed by atoms with Gasteiger partial charge in [0.15, 0.2) is 0 Å². The Hall–Kier alpha value is -1.56. The Morgan fingerprint density at radius 2 is 1.65 bits per heavy atom. The number of halogens is 3. The van der Waals surface area contributed by atoms with E-state index in [0.717, 1.165) is 0 Å².